The minimum atomic E-state index is 0.872. The Morgan fingerprint density at radius 1 is 1.78 bits per heavy atom. The molecule has 0 aliphatic heterocycles. The van der Waals surface area contributed by atoms with Crippen molar-refractivity contribution in [1.29, 1.82) is 0 Å². The van der Waals surface area contributed by atoms with Gasteiger partial charge in [-0.3, -0.25) is 4.68 Å². The van der Waals surface area contributed by atoms with E-state index in [1.807, 2.05) is 19.3 Å². The van der Waals surface area contributed by atoms with Gasteiger partial charge in [0.1, 0.15) is 0 Å². The van der Waals surface area contributed by atoms with Gasteiger partial charge in [-0.05, 0) is 11.8 Å². The van der Waals surface area contributed by atoms with Crippen molar-refractivity contribution in [2.24, 2.45) is 7.05 Å². The first-order valence-electron chi connectivity index (χ1n) is 2.92. The highest BCUT2D eigenvalue weighted by Crippen LogP contribution is 1.95. The third-order valence-corrected chi connectivity index (χ3v) is 1.36. The van der Waals surface area contributed by atoms with E-state index in [0.29, 0.717) is 0 Å². The normalized spacial score (nSPS) is 10.0. The van der Waals surface area contributed by atoms with Crippen LogP contribution in [-0.2, 0) is 13.5 Å². The molecule has 1 heterocycles. The lowest BCUT2D eigenvalue weighted by Gasteiger charge is -1.87. The number of rotatable bonds is 2. The van der Waals surface area contributed by atoms with Crippen LogP contribution in [0.5, 0.6) is 0 Å². The fraction of sp³-hybridized carbons (Fsp3) is 0.500. The summed E-state index contributed by atoms with van der Waals surface area (Å²) < 4.78 is 1.80. The number of hydrogen-bond acceptors (Lipinski definition) is 2. The molecule has 0 N–H and O–H groups in total. The molecule has 0 radical (unpaired) electrons. The maximum absolute atomic E-state index is 4.17. The molecule has 0 saturated heterocycles. The molecule has 0 aromatic carbocycles. The molecule has 0 amide bonds. The maximum Gasteiger partial charge on any atom is 0.0632 e. The van der Waals surface area contributed by atoms with Crippen LogP contribution in [0, 0.1) is 0 Å². The van der Waals surface area contributed by atoms with E-state index in [2.05, 4.69) is 17.7 Å². The Kier molecular flexibility index (Phi) is 2.16. The first-order valence-corrected chi connectivity index (χ1v) is 3.55. The van der Waals surface area contributed by atoms with Gasteiger partial charge < -0.3 is 0 Å². The molecule has 3 heteroatoms. The minimum absolute atomic E-state index is 0.872. The lowest BCUT2D eigenvalue weighted by molar-refractivity contribution is 0.747. The van der Waals surface area contributed by atoms with Crippen molar-refractivity contribution in [1.82, 2.24) is 9.78 Å². The molecule has 0 atom stereocenters. The zero-order valence-electron chi connectivity index (χ0n) is 5.41. The molecule has 0 fully saturated rings. The van der Waals surface area contributed by atoms with Crippen molar-refractivity contribution in [2.45, 2.75) is 6.42 Å². The zero-order chi connectivity index (χ0) is 6.69. The van der Waals surface area contributed by atoms with Crippen LogP contribution in [0.3, 0.4) is 0 Å². The first kappa shape index (κ1) is 6.68. The fourth-order valence-electron chi connectivity index (χ4n) is 0.711. The Hall–Kier alpha value is -0.440. The molecule has 0 bridgehead atoms. The molecule has 2 nitrogen and oxygen atoms in total. The highest BCUT2D eigenvalue weighted by Gasteiger charge is 1.91. The minimum Gasteiger partial charge on any atom is -0.276 e. The second-order valence-corrected chi connectivity index (χ2v) is 2.40. The molecule has 1 aromatic rings. The van der Waals surface area contributed by atoms with E-state index in [1.165, 1.54) is 0 Å². The predicted molar refractivity (Wildman–Crippen MR) is 40.8 cm³/mol. The van der Waals surface area contributed by atoms with E-state index in [9.17, 15) is 0 Å². The number of aryl methyl sites for hydroxylation is 2. The number of hydrogen-bond donors (Lipinski definition) is 1. The molecule has 1 aromatic heterocycles. The van der Waals surface area contributed by atoms with Gasteiger partial charge in [-0.25, -0.2) is 0 Å². The summed E-state index contributed by atoms with van der Waals surface area (Å²) in [6.07, 6.45) is 2.91. The number of thiol groups is 1. The van der Waals surface area contributed by atoms with Crippen molar-refractivity contribution in [3.05, 3.63) is 18.0 Å². The van der Waals surface area contributed by atoms with E-state index in [1.54, 1.807) is 4.68 Å². The van der Waals surface area contributed by atoms with Gasteiger partial charge in [-0.15, -0.1) is 0 Å². The molecular weight excluding hydrogens is 132 g/mol. The molecule has 0 aliphatic carbocycles. The SMILES string of the molecule is Cn1ccc(CCS)n1. The molecular formula is C6H10N2S. The molecule has 0 saturated carbocycles. The lowest BCUT2D eigenvalue weighted by atomic mass is 10.3. The van der Waals surface area contributed by atoms with Gasteiger partial charge in [0, 0.05) is 19.7 Å². The zero-order valence-corrected chi connectivity index (χ0v) is 6.30. The third-order valence-electron chi connectivity index (χ3n) is 1.14. The molecule has 1 rings (SSSR count). The topological polar surface area (TPSA) is 17.8 Å². The highest BCUT2D eigenvalue weighted by atomic mass is 32.1. The first-order chi connectivity index (χ1) is 4.33. The van der Waals surface area contributed by atoms with E-state index in [4.69, 9.17) is 0 Å². The third kappa shape index (κ3) is 1.75. The monoisotopic (exact) mass is 142 g/mol. The Bertz CT molecular complexity index is 183. The van der Waals surface area contributed by atoms with Crippen molar-refractivity contribution >= 4 is 12.6 Å². The summed E-state index contributed by atoms with van der Waals surface area (Å²) in [6.45, 7) is 0. The smallest absolute Gasteiger partial charge is 0.0632 e. The summed E-state index contributed by atoms with van der Waals surface area (Å²) in [6, 6.07) is 2.01. The summed E-state index contributed by atoms with van der Waals surface area (Å²) in [7, 11) is 1.92. The van der Waals surface area contributed by atoms with Gasteiger partial charge in [0.05, 0.1) is 5.69 Å². The second-order valence-electron chi connectivity index (χ2n) is 1.95. The van der Waals surface area contributed by atoms with Gasteiger partial charge in [-0.1, -0.05) is 0 Å². The quantitative estimate of drug-likeness (QED) is 0.607. The fourth-order valence-corrected chi connectivity index (χ4v) is 0.940. The van der Waals surface area contributed by atoms with Crippen LogP contribution in [0.25, 0.3) is 0 Å². The van der Waals surface area contributed by atoms with Crippen molar-refractivity contribution in [2.75, 3.05) is 5.75 Å². The van der Waals surface area contributed by atoms with Gasteiger partial charge in [0.2, 0.25) is 0 Å². The average molecular weight is 142 g/mol. The average Bonchev–Trinajstić information content (AvgIpc) is 2.17. The van der Waals surface area contributed by atoms with Crippen LogP contribution < -0.4 is 0 Å². The summed E-state index contributed by atoms with van der Waals surface area (Å²) in [5.74, 6) is 0.872. The number of aromatic nitrogens is 2. The largest absolute Gasteiger partial charge is 0.276 e. The summed E-state index contributed by atoms with van der Waals surface area (Å²) >= 11 is 4.09. The Labute approximate surface area is 60.3 Å². The van der Waals surface area contributed by atoms with Crippen LogP contribution in [-0.4, -0.2) is 15.5 Å². The predicted octanol–water partition coefficient (Wildman–Crippen LogP) is 0.892. The molecule has 0 unspecified atom stereocenters. The Morgan fingerprint density at radius 3 is 3.00 bits per heavy atom. The van der Waals surface area contributed by atoms with Crippen LogP contribution in [0.4, 0.5) is 0 Å². The van der Waals surface area contributed by atoms with Gasteiger partial charge >= 0.3 is 0 Å². The Morgan fingerprint density at radius 2 is 2.56 bits per heavy atom. The Balaban J connectivity index is 2.61. The van der Waals surface area contributed by atoms with Crippen molar-refractivity contribution < 1.29 is 0 Å². The molecule has 50 valence electrons. The van der Waals surface area contributed by atoms with Crippen LogP contribution >= 0.6 is 12.6 Å². The van der Waals surface area contributed by atoms with Crippen molar-refractivity contribution in [3.63, 3.8) is 0 Å². The molecule has 0 spiro atoms. The van der Waals surface area contributed by atoms with Crippen LogP contribution in [0.2, 0.25) is 0 Å². The lowest BCUT2D eigenvalue weighted by Crippen LogP contribution is -1.91. The second kappa shape index (κ2) is 2.92. The van der Waals surface area contributed by atoms with E-state index < -0.39 is 0 Å². The summed E-state index contributed by atoms with van der Waals surface area (Å²) in [5.41, 5.74) is 1.12. The number of nitrogens with zero attached hydrogens (tertiary/aromatic N) is 2. The molecule has 9 heavy (non-hydrogen) atoms. The van der Waals surface area contributed by atoms with E-state index in [0.717, 1.165) is 17.9 Å². The van der Waals surface area contributed by atoms with Gasteiger partial charge in [0.25, 0.3) is 0 Å². The van der Waals surface area contributed by atoms with Crippen LogP contribution in [0.15, 0.2) is 12.3 Å². The maximum atomic E-state index is 4.17. The van der Waals surface area contributed by atoms with E-state index >= 15 is 0 Å². The highest BCUT2D eigenvalue weighted by molar-refractivity contribution is 7.80. The van der Waals surface area contributed by atoms with E-state index in [-0.39, 0.29) is 0 Å². The van der Waals surface area contributed by atoms with Crippen LogP contribution in [0.1, 0.15) is 5.69 Å². The summed E-state index contributed by atoms with van der Waals surface area (Å²) in [5, 5.41) is 4.17. The standard InChI is InChI=1S/C6H10N2S/c1-8-4-2-6(7-8)3-5-9/h2,4,9H,3,5H2,1H3. The van der Waals surface area contributed by atoms with Gasteiger partial charge in [0.15, 0.2) is 0 Å². The van der Waals surface area contributed by atoms with Crippen molar-refractivity contribution in [3.8, 4) is 0 Å². The van der Waals surface area contributed by atoms with Gasteiger partial charge in [-0.2, -0.15) is 17.7 Å². The molecule has 0 aliphatic rings. The summed E-state index contributed by atoms with van der Waals surface area (Å²) in [4.78, 5) is 0.